The zero-order chi connectivity index (χ0) is 14.3. The van der Waals surface area contributed by atoms with Gasteiger partial charge in [-0.15, -0.1) is 0 Å². The summed E-state index contributed by atoms with van der Waals surface area (Å²) in [6.07, 6.45) is 0. The number of rotatable bonds is 6. The minimum absolute atomic E-state index is 0.0259. The number of nitrogens with one attached hydrogen (secondary N) is 2. The first-order chi connectivity index (χ1) is 9.04. The Morgan fingerprint density at radius 2 is 2.00 bits per heavy atom. The Kier molecular flexibility index (Phi) is 5.95. The molecule has 0 saturated heterocycles. The molecule has 1 rings (SSSR count). The first-order valence-electron chi connectivity index (χ1n) is 5.95. The monoisotopic (exact) mass is 268 g/mol. The lowest BCUT2D eigenvalue weighted by Gasteiger charge is -2.10. The number of halogens is 1. The van der Waals surface area contributed by atoms with Gasteiger partial charge in [0.15, 0.2) is 0 Å². The highest BCUT2D eigenvalue weighted by Crippen LogP contribution is 2.05. The van der Waals surface area contributed by atoms with Crippen molar-refractivity contribution in [1.29, 1.82) is 0 Å². The number of benzene rings is 1. The molecular weight excluding hydrogens is 251 g/mol. The van der Waals surface area contributed by atoms with Crippen LogP contribution >= 0.6 is 0 Å². The van der Waals surface area contributed by atoms with Crippen molar-refractivity contribution in [3.63, 3.8) is 0 Å². The summed E-state index contributed by atoms with van der Waals surface area (Å²) in [7, 11) is 0. The molecular formula is C13H17FN2O3. The summed E-state index contributed by atoms with van der Waals surface area (Å²) >= 11 is 0. The number of carbonyl (C=O) groups excluding carboxylic acids is 2. The Bertz CT molecular complexity index is 451. The maximum atomic E-state index is 13.3. The zero-order valence-corrected chi connectivity index (χ0v) is 10.6. The van der Waals surface area contributed by atoms with E-state index >= 15 is 0 Å². The Hall–Kier alpha value is -1.95. The van der Waals surface area contributed by atoms with Crippen LogP contribution in [-0.2, 0) is 4.79 Å². The van der Waals surface area contributed by atoms with E-state index in [1.165, 1.54) is 18.2 Å². The Morgan fingerprint density at radius 1 is 1.32 bits per heavy atom. The molecule has 0 aliphatic rings. The maximum Gasteiger partial charge on any atom is 0.254 e. The Morgan fingerprint density at radius 3 is 2.63 bits per heavy atom. The van der Waals surface area contributed by atoms with Gasteiger partial charge in [-0.3, -0.25) is 9.59 Å². The Balaban J connectivity index is 2.38. The fourth-order valence-corrected chi connectivity index (χ4v) is 1.32. The van der Waals surface area contributed by atoms with Gasteiger partial charge in [-0.1, -0.05) is 19.1 Å². The molecule has 0 aliphatic carbocycles. The summed E-state index contributed by atoms with van der Waals surface area (Å²) in [5.41, 5.74) is -0.0981. The van der Waals surface area contributed by atoms with Gasteiger partial charge < -0.3 is 15.7 Å². The highest BCUT2D eigenvalue weighted by atomic mass is 19.1. The third kappa shape index (κ3) is 5.05. The van der Waals surface area contributed by atoms with Gasteiger partial charge in [0.05, 0.1) is 12.1 Å². The molecule has 6 heteroatoms. The molecule has 0 heterocycles. The lowest BCUT2D eigenvalue weighted by molar-refractivity contribution is -0.120. The van der Waals surface area contributed by atoms with Crippen molar-refractivity contribution in [3.8, 4) is 0 Å². The van der Waals surface area contributed by atoms with E-state index in [-0.39, 0.29) is 30.5 Å². The lowest BCUT2D eigenvalue weighted by atomic mass is 10.2. The standard InChI is InChI=1S/C13H17FN2O3/c1-9(8-17)6-15-12(18)7-16-13(19)10-4-2-3-5-11(10)14/h2-5,9,17H,6-8H2,1H3,(H,15,18)(H,16,19). The number of amides is 2. The minimum atomic E-state index is -0.636. The van der Waals surface area contributed by atoms with Crippen LogP contribution in [0.2, 0.25) is 0 Å². The van der Waals surface area contributed by atoms with Crippen molar-refractivity contribution >= 4 is 11.8 Å². The quantitative estimate of drug-likeness (QED) is 0.694. The highest BCUT2D eigenvalue weighted by molar-refractivity contribution is 5.96. The van der Waals surface area contributed by atoms with E-state index in [2.05, 4.69) is 10.6 Å². The van der Waals surface area contributed by atoms with Crippen LogP contribution in [0.4, 0.5) is 4.39 Å². The van der Waals surface area contributed by atoms with Gasteiger partial charge in [0.2, 0.25) is 5.91 Å². The summed E-state index contributed by atoms with van der Waals surface area (Å²) in [6, 6.07) is 5.55. The van der Waals surface area contributed by atoms with Crippen LogP contribution in [0.5, 0.6) is 0 Å². The zero-order valence-electron chi connectivity index (χ0n) is 10.6. The maximum absolute atomic E-state index is 13.3. The number of carbonyl (C=O) groups is 2. The van der Waals surface area contributed by atoms with Gasteiger partial charge >= 0.3 is 0 Å². The van der Waals surface area contributed by atoms with Gasteiger partial charge in [-0.25, -0.2) is 4.39 Å². The molecule has 104 valence electrons. The average molecular weight is 268 g/mol. The predicted octanol–water partition coefficient (Wildman–Crippen LogP) is 0.300. The van der Waals surface area contributed by atoms with Crippen LogP contribution in [0.25, 0.3) is 0 Å². The van der Waals surface area contributed by atoms with E-state index in [4.69, 9.17) is 5.11 Å². The fourth-order valence-electron chi connectivity index (χ4n) is 1.32. The summed E-state index contributed by atoms with van der Waals surface area (Å²) in [4.78, 5) is 23.0. The molecule has 1 unspecified atom stereocenters. The average Bonchev–Trinajstić information content (AvgIpc) is 2.42. The predicted molar refractivity (Wildman–Crippen MR) is 68.0 cm³/mol. The molecule has 0 aliphatic heterocycles. The van der Waals surface area contributed by atoms with Crippen LogP contribution in [0.3, 0.4) is 0 Å². The second kappa shape index (κ2) is 7.48. The van der Waals surface area contributed by atoms with Crippen molar-refractivity contribution in [1.82, 2.24) is 10.6 Å². The van der Waals surface area contributed by atoms with E-state index in [1.807, 2.05) is 0 Å². The minimum Gasteiger partial charge on any atom is -0.396 e. The smallest absolute Gasteiger partial charge is 0.254 e. The van der Waals surface area contributed by atoms with Crippen LogP contribution in [0.1, 0.15) is 17.3 Å². The second-order valence-electron chi connectivity index (χ2n) is 4.25. The third-order valence-electron chi connectivity index (χ3n) is 2.49. The third-order valence-corrected chi connectivity index (χ3v) is 2.49. The number of aliphatic hydroxyl groups is 1. The second-order valence-corrected chi connectivity index (χ2v) is 4.25. The molecule has 19 heavy (non-hydrogen) atoms. The number of hydrogen-bond acceptors (Lipinski definition) is 3. The molecule has 0 spiro atoms. The molecule has 0 fully saturated rings. The van der Waals surface area contributed by atoms with E-state index in [9.17, 15) is 14.0 Å². The van der Waals surface area contributed by atoms with Crippen LogP contribution in [0, 0.1) is 11.7 Å². The molecule has 0 saturated carbocycles. The molecule has 2 amide bonds. The molecule has 1 atom stereocenters. The largest absolute Gasteiger partial charge is 0.396 e. The number of aliphatic hydroxyl groups excluding tert-OH is 1. The van der Waals surface area contributed by atoms with E-state index < -0.39 is 11.7 Å². The molecule has 0 aromatic heterocycles. The normalized spacial score (nSPS) is 11.7. The van der Waals surface area contributed by atoms with Crippen molar-refractivity contribution in [2.75, 3.05) is 19.7 Å². The first kappa shape index (κ1) is 15.1. The SMILES string of the molecule is CC(CO)CNC(=O)CNC(=O)c1ccccc1F. The Labute approximate surface area is 110 Å². The van der Waals surface area contributed by atoms with Gasteiger partial charge in [-0.05, 0) is 18.1 Å². The first-order valence-corrected chi connectivity index (χ1v) is 5.95. The summed E-state index contributed by atoms with van der Waals surface area (Å²) in [5, 5.41) is 13.7. The van der Waals surface area contributed by atoms with Gasteiger partial charge in [0.25, 0.3) is 5.91 Å². The molecule has 3 N–H and O–H groups in total. The summed E-state index contributed by atoms with van der Waals surface area (Å²) < 4.78 is 13.3. The molecule has 0 radical (unpaired) electrons. The van der Waals surface area contributed by atoms with Crippen LogP contribution in [-0.4, -0.2) is 36.6 Å². The molecule has 1 aromatic rings. The van der Waals surface area contributed by atoms with E-state index in [0.29, 0.717) is 6.54 Å². The van der Waals surface area contributed by atoms with Crippen molar-refractivity contribution < 1.29 is 19.1 Å². The van der Waals surface area contributed by atoms with E-state index in [0.717, 1.165) is 0 Å². The van der Waals surface area contributed by atoms with Gasteiger partial charge in [0.1, 0.15) is 5.82 Å². The fraction of sp³-hybridized carbons (Fsp3) is 0.385. The van der Waals surface area contributed by atoms with Crippen molar-refractivity contribution in [2.45, 2.75) is 6.92 Å². The van der Waals surface area contributed by atoms with Gasteiger partial charge in [0, 0.05) is 13.2 Å². The van der Waals surface area contributed by atoms with Crippen molar-refractivity contribution in [2.24, 2.45) is 5.92 Å². The highest BCUT2D eigenvalue weighted by Gasteiger charge is 2.12. The van der Waals surface area contributed by atoms with E-state index in [1.54, 1.807) is 13.0 Å². The van der Waals surface area contributed by atoms with Crippen LogP contribution in [0.15, 0.2) is 24.3 Å². The summed E-state index contributed by atoms with van der Waals surface area (Å²) in [6.45, 7) is 1.84. The summed E-state index contributed by atoms with van der Waals surface area (Å²) in [5.74, 6) is -1.70. The van der Waals surface area contributed by atoms with Crippen LogP contribution < -0.4 is 10.6 Å². The lowest BCUT2D eigenvalue weighted by Crippen LogP contribution is -2.39. The number of hydrogen-bond donors (Lipinski definition) is 3. The molecule has 5 nitrogen and oxygen atoms in total. The molecule has 0 bridgehead atoms. The van der Waals surface area contributed by atoms with Gasteiger partial charge in [-0.2, -0.15) is 0 Å². The topological polar surface area (TPSA) is 78.4 Å². The van der Waals surface area contributed by atoms with Crippen molar-refractivity contribution in [3.05, 3.63) is 35.6 Å². The molecule has 1 aromatic carbocycles.